The zero-order valence-electron chi connectivity index (χ0n) is 17.7. The van der Waals surface area contributed by atoms with Crippen molar-refractivity contribution in [1.82, 2.24) is 15.1 Å². The number of hydrogen-bond acceptors (Lipinski definition) is 5. The first-order valence-electron chi connectivity index (χ1n) is 9.93. The van der Waals surface area contributed by atoms with E-state index in [0.717, 1.165) is 28.0 Å². The summed E-state index contributed by atoms with van der Waals surface area (Å²) in [5.74, 6) is 1.56. The summed E-state index contributed by atoms with van der Waals surface area (Å²) in [6.07, 6.45) is 0. The van der Waals surface area contributed by atoms with Crippen LogP contribution in [0, 0.1) is 6.92 Å². The Balaban J connectivity index is 1.48. The van der Waals surface area contributed by atoms with Gasteiger partial charge in [-0.05, 0) is 49.4 Å². The molecule has 0 saturated heterocycles. The fourth-order valence-corrected chi connectivity index (χ4v) is 3.37. The predicted octanol–water partition coefficient (Wildman–Crippen LogP) is 4.99. The van der Waals surface area contributed by atoms with E-state index >= 15 is 0 Å². The molecule has 0 saturated carbocycles. The summed E-state index contributed by atoms with van der Waals surface area (Å²) in [4.78, 5) is 14.6. The van der Waals surface area contributed by atoms with Crippen LogP contribution in [0.3, 0.4) is 0 Å². The van der Waals surface area contributed by atoms with Crippen molar-refractivity contribution in [3.05, 3.63) is 89.5 Å². The van der Waals surface area contributed by atoms with Crippen molar-refractivity contribution in [3.63, 3.8) is 0 Å². The molecular weight excluding hydrogens is 390 g/mol. The van der Waals surface area contributed by atoms with Crippen LogP contribution in [-0.2, 0) is 6.54 Å². The summed E-state index contributed by atoms with van der Waals surface area (Å²) in [7, 11) is 3.41. The Kier molecular flexibility index (Phi) is 5.80. The molecule has 0 fully saturated rings. The number of aryl methyl sites for hydroxylation is 1. The number of rotatable bonds is 6. The maximum absolute atomic E-state index is 12.9. The highest BCUT2D eigenvalue weighted by Gasteiger charge is 2.16. The standard InChI is InChI=1S/C25H23N3O3/c1-17-9-14-22(30-3)21(15-17)16-28(2)25(29)20-12-10-19(11-13-20)24-27-26-23(31-24)18-7-5-4-6-8-18/h4-15H,16H2,1-3H3. The van der Waals surface area contributed by atoms with Crippen molar-refractivity contribution in [2.75, 3.05) is 14.2 Å². The van der Waals surface area contributed by atoms with Crippen LogP contribution in [0.4, 0.5) is 0 Å². The number of ether oxygens (including phenoxy) is 1. The molecule has 0 radical (unpaired) electrons. The van der Waals surface area contributed by atoms with E-state index in [0.29, 0.717) is 23.9 Å². The Hall–Kier alpha value is -3.93. The Morgan fingerprint density at radius 2 is 1.58 bits per heavy atom. The molecule has 4 aromatic rings. The van der Waals surface area contributed by atoms with E-state index in [9.17, 15) is 4.79 Å². The van der Waals surface area contributed by atoms with E-state index in [-0.39, 0.29) is 5.91 Å². The van der Waals surface area contributed by atoms with E-state index in [1.807, 2.05) is 67.6 Å². The molecular formula is C25H23N3O3. The lowest BCUT2D eigenvalue weighted by atomic mass is 10.1. The van der Waals surface area contributed by atoms with Crippen LogP contribution in [0.2, 0.25) is 0 Å². The molecule has 0 N–H and O–H groups in total. The van der Waals surface area contributed by atoms with E-state index in [4.69, 9.17) is 9.15 Å². The van der Waals surface area contributed by atoms with Gasteiger partial charge in [0.15, 0.2) is 0 Å². The van der Waals surface area contributed by atoms with Crippen molar-refractivity contribution in [1.29, 1.82) is 0 Å². The Morgan fingerprint density at radius 3 is 2.23 bits per heavy atom. The van der Waals surface area contributed by atoms with Gasteiger partial charge in [0, 0.05) is 35.8 Å². The molecule has 0 aliphatic rings. The van der Waals surface area contributed by atoms with Crippen LogP contribution in [0.1, 0.15) is 21.5 Å². The number of methoxy groups -OCH3 is 1. The zero-order chi connectivity index (χ0) is 21.8. The second-order valence-corrected chi connectivity index (χ2v) is 7.33. The Morgan fingerprint density at radius 1 is 0.935 bits per heavy atom. The van der Waals surface area contributed by atoms with Gasteiger partial charge in [-0.3, -0.25) is 4.79 Å². The highest BCUT2D eigenvalue weighted by Crippen LogP contribution is 2.25. The molecule has 156 valence electrons. The number of hydrogen-bond donors (Lipinski definition) is 0. The first-order chi connectivity index (χ1) is 15.0. The molecule has 0 atom stereocenters. The molecule has 4 rings (SSSR count). The van der Waals surface area contributed by atoms with Crippen molar-refractivity contribution in [2.24, 2.45) is 0 Å². The second-order valence-electron chi connectivity index (χ2n) is 7.33. The molecule has 31 heavy (non-hydrogen) atoms. The smallest absolute Gasteiger partial charge is 0.253 e. The minimum atomic E-state index is -0.0781. The highest BCUT2D eigenvalue weighted by atomic mass is 16.5. The Bertz CT molecular complexity index is 1180. The summed E-state index contributed by atoms with van der Waals surface area (Å²) >= 11 is 0. The molecule has 6 nitrogen and oxygen atoms in total. The molecule has 3 aromatic carbocycles. The third kappa shape index (κ3) is 4.48. The van der Waals surface area contributed by atoms with Crippen LogP contribution < -0.4 is 4.74 Å². The maximum Gasteiger partial charge on any atom is 0.253 e. The molecule has 1 aromatic heterocycles. The van der Waals surface area contributed by atoms with E-state index in [1.165, 1.54) is 0 Å². The summed E-state index contributed by atoms with van der Waals surface area (Å²) in [6.45, 7) is 2.47. The van der Waals surface area contributed by atoms with Crippen molar-refractivity contribution in [2.45, 2.75) is 13.5 Å². The minimum Gasteiger partial charge on any atom is -0.496 e. The van der Waals surface area contributed by atoms with Crippen LogP contribution in [-0.4, -0.2) is 35.2 Å². The zero-order valence-corrected chi connectivity index (χ0v) is 17.7. The lowest BCUT2D eigenvalue weighted by Gasteiger charge is -2.19. The minimum absolute atomic E-state index is 0.0781. The average molecular weight is 413 g/mol. The van der Waals surface area contributed by atoms with Crippen LogP contribution in [0.15, 0.2) is 77.2 Å². The van der Waals surface area contributed by atoms with Crippen LogP contribution in [0.5, 0.6) is 5.75 Å². The number of carbonyl (C=O) groups excluding carboxylic acids is 1. The number of amides is 1. The van der Waals surface area contributed by atoms with Gasteiger partial charge in [0.2, 0.25) is 11.8 Å². The molecule has 1 amide bonds. The molecule has 1 heterocycles. The summed E-state index contributed by atoms with van der Waals surface area (Å²) in [5, 5.41) is 8.24. The molecule has 0 bridgehead atoms. The Labute approximate surface area is 181 Å². The highest BCUT2D eigenvalue weighted by molar-refractivity contribution is 5.94. The summed E-state index contributed by atoms with van der Waals surface area (Å²) < 4.78 is 11.2. The van der Waals surface area contributed by atoms with Crippen LogP contribution >= 0.6 is 0 Å². The average Bonchev–Trinajstić information content (AvgIpc) is 3.30. The van der Waals surface area contributed by atoms with E-state index in [2.05, 4.69) is 10.2 Å². The first-order valence-corrected chi connectivity index (χ1v) is 9.93. The van der Waals surface area contributed by atoms with Crippen LogP contribution in [0.25, 0.3) is 22.9 Å². The van der Waals surface area contributed by atoms with Gasteiger partial charge < -0.3 is 14.1 Å². The predicted molar refractivity (Wildman–Crippen MR) is 119 cm³/mol. The van der Waals surface area contributed by atoms with Gasteiger partial charge in [-0.15, -0.1) is 10.2 Å². The fourth-order valence-electron chi connectivity index (χ4n) is 3.37. The van der Waals surface area contributed by atoms with Crippen molar-refractivity contribution < 1.29 is 13.9 Å². The maximum atomic E-state index is 12.9. The largest absolute Gasteiger partial charge is 0.496 e. The quantitative estimate of drug-likeness (QED) is 0.445. The molecule has 0 spiro atoms. The van der Waals surface area contributed by atoms with Gasteiger partial charge in [-0.1, -0.05) is 35.9 Å². The van der Waals surface area contributed by atoms with Gasteiger partial charge in [0.05, 0.1) is 7.11 Å². The van der Waals surface area contributed by atoms with Gasteiger partial charge in [-0.25, -0.2) is 0 Å². The number of aromatic nitrogens is 2. The SMILES string of the molecule is COc1ccc(C)cc1CN(C)C(=O)c1ccc(-c2nnc(-c3ccccc3)o2)cc1. The van der Waals surface area contributed by atoms with Gasteiger partial charge >= 0.3 is 0 Å². The number of nitrogens with zero attached hydrogens (tertiary/aromatic N) is 3. The van der Waals surface area contributed by atoms with Crippen molar-refractivity contribution >= 4 is 5.91 Å². The summed E-state index contributed by atoms with van der Waals surface area (Å²) in [6, 6.07) is 22.7. The van der Waals surface area contributed by atoms with Gasteiger partial charge in [0.1, 0.15) is 5.75 Å². The van der Waals surface area contributed by atoms with Crippen molar-refractivity contribution in [3.8, 4) is 28.7 Å². The van der Waals surface area contributed by atoms with E-state index in [1.54, 1.807) is 31.2 Å². The normalized spacial score (nSPS) is 10.7. The third-order valence-corrected chi connectivity index (χ3v) is 5.01. The lowest BCUT2D eigenvalue weighted by molar-refractivity contribution is 0.0784. The molecule has 0 aliphatic carbocycles. The fraction of sp³-hybridized carbons (Fsp3) is 0.160. The summed E-state index contributed by atoms with van der Waals surface area (Å²) in [5.41, 5.74) is 4.29. The number of benzene rings is 3. The third-order valence-electron chi connectivity index (χ3n) is 5.01. The monoisotopic (exact) mass is 413 g/mol. The molecule has 0 unspecified atom stereocenters. The van der Waals surface area contributed by atoms with Gasteiger partial charge in [-0.2, -0.15) is 0 Å². The second kappa shape index (κ2) is 8.83. The number of carbonyl (C=O) groups is 1. The topological polar surface area (TPSA) is 68.5 Å². The molecule has 0 aliphatic heterocycles. The first kappa shape index (κ1) is 20.3. The lowest BCUT2D eigenvalue weighted by Crippen LogP contribution is -2.26. The van der Waals surface area contributed by atoms with Gasteiger partial charge in [0.25, 0.3) is 5.91 Å². The molecule has 6 heteroatoms. The van der Waals surface area contributed by atoms with E-state index < -0.39 is 0 Å².